The molecule has 8 nitrogen and oxygen atoms in total. The van der Waals surface area contributed by atoms with Crippen LogP contribution in [0.4, 0.5) is 0 Å². The molecular formula is C44H48O8. The topological polar surface area (TPSA) is 105 Å². The maximum Gasteiger partial charge on any atom is 0.339 e. The zero-order valence-corrected chi connectivity index (χ0v) is 30.7. The second-order valence-electron chi connectivity index (χ2n) is 13.8. The summed E-state index contributed by atoms with van der Waals surface area (Å²) in [5, 5.41) is 3.33. The fourth-order valence-corrected chi connectivity index (χ4v) is 7.04. The van der Waals surface area contributed by atoms with Gasteiger partial charge in [0.15, 0.2) is 0 Å². The van der Waals surface area contributed by atoms with Gasteiger partial charge in [0.2, 0.25) is 0 Å². The lowest BCUT2D eigenvalue weighted by Gasteiger charge is -2.37. The van der Waals surface area contributed by atoms with E-state index in [-0.39, 0.29) is 60.5 Å². The number of ether oxygens (including phenoxy) is 4. The highest BCUT2D eigenvalue weighted by Crippen LogP contribution is 2.51. The van der Waals surface area contributed by atoms with Gasteiger partial charge < -0.3 is 18.9 Å². The van der Waals surface area contributed by atoms with Gasteiger partial charge in [-0.25, -0.2) is 19.2 Å². The van der Waals surface area contributed by atoms with Gasteiger partial charge in [0.05, 0.1) is 48.7 Å². The first-order valence-corrected chi connectivity index (χ1v) is 18.9. The van der Waals surface area contributed by atoms with Gasteiger partial charge >= 0.3 is 23.9 Å². The van der Waals surface area contributed by atoms with Crippen molar-refractivity contribution in [3.05, 3.63) is 105 Å². The number of hydrogen-bond acceptors (Lipinski definition) is 8. The summed E-state index contributed by atoms with van der Waals surface area (Å²) in [5.74, 6) is -2.28. The zero-order valence-electron chi connectivity index (χ0n) is 30.7. The molecule has 7 rings (SSSR count). The van der Waals surface area contributed by atoms with Crippen LogP contribution in [-0.4, -0.2) is 50.3 Å². The Bertz CT molecular complexity index is 1760. The normalized spacial score (nSPS) is 15.3. The standard InChI is InChI=1S/C44H48O8/c1-5-9-15-49-41(45)37-23-27-19-33-31-13-14-32(34(33)20-28(27)24-38(37)42(46)50-16-10-6-2)36-22-30-26-40(44(48)52-18-12-8-4)39(25-29(30)21-35(31)36)43(47)51-17-11-7-3/h13-14,19-26,31-32H,5-12,15-18H2,1-4H3. The summed E-state index contributed by atoms with van der Waals surface area (Å²) in [6.07, 6.45) is 10.9. The van der Waals surface area contributed by atoms with E-state index >= 15 is 0 Å². The smallest absolute Gasteiger partial charge is 0.339 e. The van der Waals surface area contributed by atoms with Crippen LogP contribution in [0, 0.1) is 0 Å². The van der Waals surface area contributed by atoms with E-state index in [1.807, 2.05) is 27.7 Å². The number of benzene rings is 4. The molecule has 0 aromatic heterocycles. The lowest BCUT2D eigenvalue weighted by molar-refractivity contribution is 0.0452. The highest BCUT2D eigenvalue weighted by molar-refractivity contribution is 6.09. The lowest BCUT2D eigenvalue weighted by atomic mass is 9.67. The molecule has 0 saturated heterocycles. The van der Waals surface area contributed by atoms with Crippen LogP contribution < -0.4 is 0 Å². The van der Waals surface area contributed by atoms with Crippen LogP contribution in [0.1, 0.15) is 155 Å². The van der Waals surface area contributed by atoms with Gasteiger partial charge in [-0.3, -0.25) is 0 Å². The number of carbonyl (C=O) groups is 4. The van der Waals surface area contributed by atoms with Crippen LogP contribution in [0.25, 0.3) is 21.5 Å². The molecule has 0 atom stereocenters. The van der Waals surface area contributed by atoms with E-state index in [1.165, 1.54) is 0 Å². The minimum Gasteiger partial charge on any atom is -0.462 e. The Labute approximate surface area is 305 Å². The highest BCUT2D eigenvalue weighted by atomic mass is 16.5. The molecule has 0 radical (unpaired) electrons. The van der Waals surface area contributed by atoms with E-state index in [1.54, 1.807) is 24.3 Å². The molecule has 0 spiro atoms. The summed E-state index contributed by atoms with van der Waals surface area (Å²) in [7, 11) is 0. The molecule has 3 aliphatic rings. The molecule has 0 saturated carbocycles. The molecule has 4 aromatic rings. The van der Waals surface area contributed by atoms with Gasteiger partial charge in [-0.1, -0.05) is 65.5 Å². The molecule has 0 unspecified atom stereocenters. The third-order valence-corrected chi connectivity index (χ3v) is 10.00. The van der Waals surface area contributed by atoms with Crippen molar-refractivity contribution in [2.45, 2.75) is 90.9 Å². The van der Waals surface area contributed by atoms with Gasteiger partial charge in [0.1, 0.15) is 0 Å². The van der Waals surface area contributed by atoms with E-state index in [0.29, 0.717) is 0 Å². The molecule has 272 valence electrons. The minimum atomic E-state index is -0.536. The van der Waals surface area contributed by atoms with Crippen LogP contribution >= 0.6 is 0 Å². The number of carbonyl (C=O) groups excluding carboxylic acids is 4. The molecule has 0 N–H and O–H groups in total. The van der Waals surface area contributed by atoms with E-state index in [0.717, 1.165) is 95.2 Å². The Kier molecular flexibility index (Phi) is 11.7. The van der Waals surface area contributed by atoms with Gasteiger partial charge in [0.25, 0.3) is 0 Å². The third kappa shape index (κ3) is 7.48. The summed E-state index contributed by atoms with van der Waals surface area (Å²) >= 11 is 0. The molecule has 52 heavy (non-hydrogen) atoms. The molecule has 0 heterocycles. The van der Waals surface area contributed by atoms with E-state index < -0.39 is 23.9 Å². The molecule has 0 aliphatic heterocycles. The maximum absolute atomic E-state index is 13.3. The van der Waals surface area contributed by atoms with E-state index in [4.69, 9.17) is 18.9 Å². The monoisotopic (exact) mass is 704 g/mol. The Morgan fingerprint density at radius 2 is 0.635 bits per heavy atom. The third-order valence-electron chi connectivity index (χ3n) is 10.00. The maximum atomic E-state index is 13.3. The van der Waals surface area contributed by atoms with Gasteiger partial charge in [-0.05, 0) is 118 Å². The van der Waals surface area contributed by atoms with Crippen molar-refractivity contribution < 1.29 is 38.1 Å². The second kappa shape index (κ2) is 16.6. The fourth-order valence-electron chi connectivity index (χ4n) is 7.04. The quantitative estimate of drug-likeness (QED) is 0.0491. The summed E-state index contributed by atoms with van der Waals surface area (Å²) in [4.78, 5) is 53.2. The predicted octanol–water partition coefficient (Wildman–Crippen LogP) is 9.97. The second-order valence-corrected chi connectivity index (χ2v) is 13.8. The van der Waals surface area contributed by atoms with E-state index in [9.17, 15) is 19.2 Å². The average Bonchev–Trinajstić information content (AvgIpc) is 3.15. The van der Waals surface area contributed by atoms with Crippen LogP contribution in [0.3, 0.4) is 0 Å². The number of rotatable bonds is 16. The summed E-state index contributed by atoms with van der Waals surface area (Å²) in [6.45, 7) is 9.21. The first-order valence-electron chi connectivity index (χ1n) is 18.9. The Morgan fingerprint density at radius 1 is 0.404 bits per heavy atom. The summed E-state index contributed by atoms with van der Waals surface area (Å²) in [5.41, 5.74) is 5.28. The van der Waals surface area contributed by atoms with Crippen molar-refractivity contribution in [2.75, 3.05) is 26.4 Å². The number of unbranched alkanes of at least 4 members (excludes halogenated alkanes) is 4. The Hall–Kier alpha value is -4.98. The lowest BCUT2D eigenvalue weighted by Crippen LogP contribution is -2.21. The number of esters is 4. The van der Waals surface area contributed by atoms with Crippen LogP contribution in [0.2, 0.25) is 0 Å². The zero-order chi connectivity index (χ0) is 36.8. The first-order chi connectivity index (χ1) is 25.3. The van der Waals surface area contributed by atoms with Crippen molar-refractivity contribution in [1.82, 2.24) is 0 Å². The Balaban J connectivity index is 1.42. The van der Waals surface area contributed by atoms with Crippen molar-refractivity contribution in [3.63, 3.8) is 0 Å². The van der Waals surface area contributed by atoms with Crippen molar-refractivity contribution in [3.8, 4) is 0 Å². The molecule has 0 amide bonds. The van der Waals surface area contributed by atoms with Gasteiger partial charge in [0, 0.05) is 11.8 Å². The van der Waals surface area contributed by atoms with Crippen molar-refractivity contribution in [2.24, 2.45) is 0 Å². The van der Waals surface area contributed by atoms with Crippen molar-refractivity contribution >= 4 is 45.4 Å². The predicted molar refractivity (Wildman–Crippen MR) is 201 cm³/mol. The molecule has 3 aliphatic carbocycles. The van der Waals surface area contributed by atoms with Crippen LogP contribution in [-0.2, 0) is 18.9 Å². The van der Waals surface area contributed by atoms with E-state index in [2.05, 4.69) is 36.4 Å². The molecule has 2 bridgehead atoms. The molecule has 4 aromatic carbocycles. The first kappa shape index (κ1) is 36.8. The summed E-state index contributed by atoms with van der Waals surface area (Å²) < 4.78 is 22.3. The molecular weight excluding hydrogens is 656 g/mol. The fraction of sp³-hybridized carbons (Fsp3) is 0.409. The SMILES string of the molecule is CCCCOC(=O)c1cc2cc3c(cc2cc1C(=O)OCCCC)C1C=CC3c2cc3cc(C(=O)OCCCC)c(C(=O)OCCCC)cc3cc21. The minimum absolute atomic E-state index is 0.0684. The van der Waals surface area contributed by atoms with Gasteiger partial charge in [-0.2, -0.15) is 0 Å². The number of fused-ring (bicyclic) bond motifs is 2. The van der Waals surface area contributed by atoms with Gasteiger partial charge in [-0.15, -0.1) is 0 Å². The average molecular weight is 705 g/mol. The largest absolute Gasteiger partial charge is 0.462 e. The Morgan fingerprint density at radius 3 is 0.846 bits per heavy atom. The molecule has 0 fully saturated rings. The number of allylic oxidation sites excluding steroid dienone is 2. The highest BCUT2D eigenvalue weighted by Gasteiger charge is 2.35. The van der Waals surface area contributed by atoms with Crippen LogP contribution in [0.15, 0.2) is 60.7 Å². The van der Waals surface area contributed by atoms with Crippen LogP contribution in [0.5, 0.6) is 0 Å². The summed E-state index contributed by atoms with van der Waals surface area (Å²) in [6, 6.07) is 15.5. The number of hydrogen-bond donors (Lipinski definition) is 0. The molecule has 8 heteroatoms. The van der Waals surface area contributed by atoms with Crippen molar-refractivity contribution in [1.29, 1.82) is 0 Å².